The molecule has 102 valence electrons. The molecule has 0 saturated carbocycles. The Labute approximate surface area is 119 Å². The molecule has 0 bridgehead atoms. The molecule has 2 rings (SSSR count). The van der Waals surface area contributed by atoms with Crippen LogP contribution in [0.15, 0.2) is 18.7 Å². The number of aromatic nitrogens is 2. The Morgan fingerprint density at radius 2 is 2.00 bits per heavy atom. The van der Waals surface area contributed by atoms with E-state index in [1.165, 1.54) is 50.0 Å². The molecule has 2 nitrogen and oxygen atoms in total. The van der Waals surface area contributed by atoms with E-state index in [0.29, 0.717) is 4.08 Å². The van der Waals surface area contributed by atoms with Gasteiger partial charge in [-0.05, 0) is 12.8 Å². The van der Waals surface area contributed by atoms with Crippen LogP contribution in [0.4, 0.5) is 0 Å². The van der Waals surface area contributed by atoms with Crippen molar-refractivity contribution in [3.05, 3.63) is 18.7 Å². The van der Waals surface area contributed by atoms with E-state index in [0.717, 1.165) is 6.54 Å². The third kappa shape index (κ3) is 4.23. The van der Waals surface area contributed by atoms with Gasteiger partial charge in [-0.25, -0.2) is 4.98 Å². The van der Waals surface area contributed by atoms with Gasteiger partial charge in [0.05, 0.1) is 10.4 Å². The van der Waals surface area contributed by atoms with E-state index in [1.54, 1.807) is 0 Å². The summed E-state index contributed by atoms with van der Waals surface area (Å²) in [6, 6.07) is 0. The second-order valence-corrected chi connectivity index (χ2v) is 8.18. The van der Waals surface area contributed by atoms with E-state index in [1.807, 2.05) is 12.5 Å². The van der Waals surface area contributed by atoms with Crippen LogP contribution in [0.5, 0.6) is 0 Å². The van der Waals surface area contributed by atoms with Gasteiger partial charge in [0, 0.05) is 30.4 Å². The van der Waals surface area contributed by atoms with Crippen LogP contribution in [0.2, 0.25) is 0 Å². The summed E-state index contributed by atoms with van der Waals surface area (Å²) < 4.78 is 2.71. The first-order valence-electron chi connectivity index (χ1n) is 7.08. The predicted octanol–water partition coefficient (Wildman–Crippen LogP) is 4.42. The Kier molecular flexibility index (Phi) is 5.96. The van der Waals surface area contributed by atoms with E-state index in [4.69, 9.17) is 0 Å². The summed E-state index contributed by atoms with van der Waals surface area (Å²) >= 11 is 4.40. The SMILES string of the molecule is CCCCCCC1(CCn2ccnc2)SCCS1. The first kappa shape index (κ1) is 14.3. The number of thioether (sulfide) groups is 2. The Balaban J connectivity index is 1.78. The summed E-state index contributed by atoms with van der Waals surface area (Å²) in [7, 11) is 0. The van der Waals surface area contributed by atoms with E-state index >= 15 is 0 Å². The van der Waals surface area contributed by atoms with Crippen LogP contribution >= 0.6 is 23.5 Å². The van der Waals surface area contributed by atoms with E-state index in [-0.39, 0.29) is 0 Å². The highest BCUT2D eigenvalue weighted by molar-refractivity contribution is 8.21. The Hall–Kier alpha value is -0.0900. The van der Waals surface area contributed by atoms with Crippen molar-refractivity contribution in [3.8, 4) is 0 Å². The number of unbranched alkanes of at least 4 members (excludes halogenated alkanes) is 3. The number of nitrogens with zero attached hydrogens (tertiary/aromatic N) is 2. The molecule has 1 fully saturated rings. The quantitative estimate of drug-likeness (QED) is 0.658. The lowest BCUT2D eigenvalue weighted by Crippen LogP contribution is -2.19. The third-order valence-corrected chi connectivity index (χ3v) is 7.19. The first-order valence-corrected chi connectivity index (χ1v) is 9.05. The highest BCUT2D eigenvalue weighted by Gasteiger charge is 2.34. The maximum absolute atomic E-state index is 4.13. The predicted molar refractivity (Wildman–Crippen MR) is 83.3 cm³/mol. The van der Waals surface area contributed by atoms with E-state index < -0.39 is 0 Å². The number of hydrogen-bond acceptors (Lipinski definition) is 3. The topological polar surface area (TPSA) is 17.8 Å². The van der Waals surface area contributed by atoms with Crippen molar-refractivity contribution in [2.75, 3.05) is 11.5 Å². The zero-order valence-corrected chi connectivity index (χ0v) is 12.9. The number of rotatable bonds is 8. The molecule has 2 heterocycles. The molecule has 0 spiro atoms. The zero-order chi connectivity index (χ0) is 12.7. The number of hydrogen-bond donors (Lipinski definition) is 0. The highest BCUT2D eigenvalue weighted by atomic mass is 32.2. The minimum absolute atomic E-state index is 0.498. The maximum atomic E-state index is 4.13. The van der Waals surface area contributed by atoms with Gasteiger partial charge in [-0.15, -0.1) is 23.5 Å². The van der Waals surface area contributed by atoms with Crippen molar-refractivity contribution < 1.29 is 0 Å². The monoisotopic (exact) mass is 284 g/mol. The van der Waals surface area contributed by atoms with Gasteiger partial charge in [0.25, 0.3) is 0 Å². The van der Waals surface area contributed by atoms with Gasteiger partial charge in [-0.2, -0.15) is 0 Å². The van der Waals surface area contributed by atoms with Crippen LogP contribution in [0.3, 0.4) is 0 Å². The molecule has 1 aliphatic rings. The molecule has 0 unspecified atom stereocenters. The summed E-state index contributed by atoms with van der Waals surface area (Å²) in [6.45, 7) is 3.40. The first-order chi connectivity index (χ1) is 8.85. The summed E-state index contributed by atoms with van der Waals surface area (Å²) in [5.41, 5.74) is 0. The van der Waals surface area contributed by atoms with Crippen LogP contribution in [0.25, 0.3) is 0 Å². The van der Waals surface area contributed by atoms with Gasteiger partial charge in [0.15, 0.2) is 0 Å². The molecule has 1 aliphatic heterocycles. The molecule has 0 atom stereocenters. The van der Waals surface area contributed by atoms with Gasteiger partial charge >= 0.3 is 0 Å². The average Bonchev–Trinajstić information content (AvgIpc) is 3.04. The van der Waals surface area contributed by atoms with Crippen molar-refractivity contribution in [3.63, 3.8) is 0 Å². The molecule has 0 radical (unpaired) electrons. The number of aryl methyl sites for hydroxylation is 1. The van der Waals surface area contributed by atoms with Gasteiger partial charge in [0.2, 0.25) is 0 Å². The molecule has 18 heavy (non-hydrogen) atoms. The summed E-state index contributed by atoms with van der Waals surface area (Å²) in [5, 5.41) is 0. The van der Waals surface area contributed by atoms with Crippen molar-refractivity contribution >= 4 is 23.5 Å². The van der Waals surface area contributed by atoms with Crippen molar-refractivity contribution in [2.24, 2.45) is 0 Å². The molecular weight excluding hydrogens is 260 g/mol. The summed E-state index contributed by atoms with van der Waals surface area (Å²) in [6.07, 6.45) is 14.1. The molecule has 1 aromatic heterocycles. The molecule has 0 amide bonds. The molecular formula is C14H24N2S2. The minimum Gasteiger partial charge on any atom is -0.337 e. The lowest BCUT2D eigenvalue weighted by Gasteiger charge is -2.27. The molecule has 0 aromatic carbocycles. The van der Waals surface area contributed by atoms with E-state index in [9.17, 15) is 0 Å². The average molecular weight is 284 g/mol. The fraction of sp³-hybridized carbons (Fsp3) is 0.786. The molecule has 4 heteroatoms. The second kappa shape index (κ2) is 7.49. The largest absolute Gasteiger partial charge is 0.337 e. The van der Waals surface area contributed by atoms with Crippen LogP contribution in [-0.4, -0.2) is 25.1 Å². The summed E-state index contributed by atoms with van der Waals surface area (Å²) in [5.74, 6) is 2.67. The fourth-order valence-corrected chi connectivity index (χ4v) is 5.74. The Bertz CT molecular complexity index is 319. The fourth-order valence-electron chi connectivity index (χ4n) is 2.45. The van der Waals surface area contributed by atoms with Crippen molar-refractivity contribution in [1.82, 2.24) is 9.55 Å². The van der Waals surface area contributed by atoms with Crippen LogP contribution in [0.1, 0.15) is 45.4 Å². The van der Waals surface area contributed by atoms with Crippen LogP contribution in [0, 0.1) is 0 Å². The third-order valence-electron chi connectivity index (χ3n) is 3.53. The maximum Gasteiger partial charge on any atom is 0.0945 e. The lowest BCUT2D eigenvalue weighted by molar-refractivity contribution is 0.539. The minimum atomic E-state index is 0.498. The Morgan fingerprint density at radius 3 is 2.67 bits per heavy atom. The Morgan fingerprint density at radius 1 is 1.17 bits per heavy atom. The van der Waals surface area contributed by atoms with Crippen LogP contribution in [-0.2, 0) is 6.54 Å². The van der Waals surface area contributed by atoms with Gasteiger partial charge in [0.1, 0.15) is 0 Å². The van der Waals surface area contributed by atoms with Gasteiger partial charge in [-0.1, -0.05) is 32.6 Å². The number of imidazole rings is 1. The molecule has 1 aromatic rings. The summed E-state index contributed by atoms with van der Waals surface area (Å²) in [4.78, 5) is 4.13. The second-order valence-electron chi connectivity index (χ2n) is 4.97. The molecule has 0 N–H and O–H groups in total. The smallest absolute Gasteiger partial charge is 0.0945 e. The lowest BCUT2D eigenvalue weighted by atomic mass is 10.1. The van der Waals surface area contributed by atoms with Crippen LogP contribution < -0.4 is 0 Å². The molecule has 0 aliphatic carbocycles. The zero-order valence-electron chi connectivity index (χ0n) is 11.3. The van der Waals surface area contributed by atoms with E-state index in [2.05, 4.69) is 46.2 Å². The van der Waals surface area contributed by atoms with Crippen molar-refractivity contribution in [2.45, 2.75) is 56.1 Å². The highest BCUT2D eigenvalue weighted by Crippen LogP contribution is 2.50. The normalized spacial score (nSPS) is 18.3. The van der Waals surface area contributed by atoms with Crippen molar-refractivity contribution in [1.29, 1.82) is 0 Å². The van der Waals surface area contributed by atoms with Gasteiger partial charge in [-0.3, -0.25) is 0 Å². The standard InChI is InChI=1S/C14H24N2S2/c1-2-3-4-5-6-14(17-11-12-18-14)7-9-16-10-8-15-13-16/h8,10,13H,2-7,9,11-12H2,1H3. The van der Waals surface area contributed by atoms with Gasteiger partial charge < -0.3 is 4.57 Å². The molecule has 1 saturated heterocycles.